The van der Waals surface area contributed by atoms with Gasteiger partial charge < -0.3 is 10.6 Å². The van der Waals surface area contributed by atoms with Gasteiger partial charge in [-0.15, -0.1) is 0 Å². The Labute approximate surface area is 84.9 Å². The molecule has 6 heteroatoms. The SMILES string of the molecule is NC(=S)CC(=O)N1CCS(=O)CC1. The maximum atomic E-state index is 11.4. The van der Waals surface area contributed by atoms with Crippen LogP contribution in [0.1, 0.15) is 6.42 Å². The quantitative estimate of drug-likeness (QED) is 0.622. The number of carbonyl (C=O) groups is 1. The first-order chi connectivity index (χ1) is 6.09. The fraction of sp³-hybridized carbons (Fsp3) is 0.714. The van der Waals surface area contributed by atoms with Crippen molar-refractivity contribution >= 4 is 33.9 Å². The minimum absolute atomic E-state index is 0.0517. The van der Waals surface area contributed by atoms with Crippen molar-refractivity contribution < 1.29 is 9.00 Å². The molecule has 1 amide bonds. The van der Waals surface area contributed by atoms with Crippen molar-refractivity contribution in [3.8, 4) is 0 Å². The minimum atomic E-state index is -0.748. The number of amides is 1. The van der Waals surface area contributed by atoms with Crippen molar-refractivity contribution in [3.63, 3.8) is 0 Å². The molecule has 74 valence electrons. The Morgan fingerprint density at radius 3 is 2.46 bits per heavy atom. The van der Waals surface area contributed by atoms with Crippen LogP contribution in [0.15, 0.2) is 0 Å². The summed E-state index contributed by atoms with van der Waals surface area (Å²) in [7, 11) is -0.748. The van der Waals surface area contributed by atoms with E-state index in [0.29, 0.717) is 24.6 Å². The predicted octanol–water partition coefficient (Wildman–Crippen LogP) is -0.747. The van der Waals surface area contributed by atoms with Gasteiger partial charge in [0.15, 0.2) is 0 Å². The van der Waals surface area contributed by atoms with E-state index in [4.69, 9.17) is 5.73 Å². The van der Waals surface area contributed by atoms with Gasteiger partial charge in [0, 0.05) is 35.4 Å². The van der Waals surface area contributed by atoms with Gasteiger partial charge in [-0.25, -0.2) is 0 Å². The second-order valence-electron chi connectivity index (χ2n) is 2.87. The molecule has 0 saturated carbocycles. The molecule has 13 heavy (non-hydrogen) atoms. The van der Waals surface area contributed by atoms with E-state index in [-0.39, 0.29) is 17.3 Å². The molecule has 0 bridgehead atoms. The summed E-state index contributed by atoms with van der Waals surface area (Å²) in [5.74, 6) is 1.09. The molecule has 0 radical (unpaired) electrons. The molecule has 0 aromatic rings. The Balaban J connectivity index is 2.40. The van der Waals surface area contributed by atoms with Crippen LogP contribution in [0.2, 0.25) is 0 Å². The van der Waals surface area contributed by atoms with E-state index in [0.717, 1.165) is 0 Å². The lowest BCUT2D eigenvalue weighted by atomic mass is 10.3. The first-order valence-electron chi connectivity index (χ1n) is 4.00. The van der Waals surface area contributed by atoms with Crippen molar-refractivity contribution in [2.75, 3.05) is 24.6 Å². The molecule has 4 nitrogen and oxygen atoms in total. The van der Waals surface area contributed by atoms with Gasteiger partial charge >= 0.3 is 0 Å². The Morgan fingerprint density at radius 2 is 2.00 bits per heavy atom. The standard InChI is InChI=1S/C7H12N2O2S2/c8-6(12)5-7(10)9-1-3-13(11)4-2-9/h1-5H2,(H2,8,12). The number of hydrogen-bond acceptors (Lipinski definition) is 3. The fourth-order valence-electron chi connectivity index (χ4n) is 1.15. The van der Waals surface area contributed by atoms with E-state index in [1.54, 1.807) is 4.90 Å². The van der Waals surface area contributed by atoms with Crippen LogP contribution in [-0.4, -0.2) is 44.6 Å². The summed E-state index contributed by atoms with van der Waals surface area (Å²) >= 11 is 4.63. The molecule has 1 rings (SSSR count). The summed E-state index contributed by atoms with van der Waals surface area (Å²) < 4.78 is 11.0. The zero-order chi connectivity index (χ0) is 9.84. The van der Waals surface area contributed by atoms with E-state index in [1.807, 2.05) is 0 Å². The molecule has 1 saturated heterocycles. The van der Waals surface area contributed by atoms with Crippen LogP contribution in [0.5, 0.6) is 0 Å². The van der Waals surface area contributed by atoms with Crippen LogP contribution >= 0.6 is 12.2 Å². The number of hydrogen-bond donors (Lipinski definition) is 1. The van der Waals surface area contributed by atoms with Crippen LogP contribution in [0.4, 0.5) is 0 Å². The lowest BCUT2D eigenvalue weighted by molar-refractivity contribution is -0.129. The van der Waals surface area contributed by atoms with Gasteiger partial charge in [-0.3, -0.25) is 9.00 Å². The zero-order valence-corrected chi connectivity index (χ0v) is 8.83. The van der Waals surface area contributed by atoms with Crippen molar-refractivity contribution in [2.24, 2.45) is 5.73 Å². The molecule has 1 aliphatic heterocycles. The number of rotatable bonds is 2. The third-order valence-corrected chi connectivity index (χ3v) is 3.28. The van der Waals surface area contributed by atoms with Crippen LogP contribution in [0.25, 0.3) is 0 Å². The molecule has 1 heterocycles. The molecule has 1 fully saturated rings. The number of nitrogens with two attached hydrogens (primary N) is 1. The second kappa shape index (κ2) is 4.66. The summed E-state index contributed by atoms with van der Waals surface area (Å²) in [4.78, 5) is 13.3. The predicted molar refractivity (Wildman–Crippen MR) is 55.9 cm³/mol. The van der Waals surface area contributed by atoms with Gasteiger partial charge in [-0.2, -0.15) is 0 Å². The minimum Gasteiger partial charge on any atom is -0.393 e. The molecule has 0 aromatic heterocycles. The average molecular weight is 220 g/mol. The maximum absolute atomic E-state index is 11.4. The average Bonchev–Trinajstić information content (AvgIpc) is 2.04. The zero-order valence-electron chi connectivity index (χ0n) is 7.19. The molecule has 0 aliphatic carbocycles. The number of carbonyl (C=O) groups excluding carboxylic acids is 1. The van der Waals surface area contributed by atoms with E-state index in [9.17, 15) is 9.00 Å². The third kappa shape index (κ3) is 3.40. The molecule has 0 unspecified atom stereocenters. The Kier molecular flexibility index (Phi) is 3.80. The van der Waals surface area contributed by atoms with Crippen molar-refractivity contribution in [2.45, 2.75) is 6.42 Å². The van der Waals surface area contributed by atoms with Crippen molar-refractivity contribution in [1.82, 2.24) is 4.90 Å². The molecule has 0 spiro atoms. The first-order valence-corrected chi connectivity index (χ1v) is 5.90. The van der Waals surface area contributed by atoms with Gasteiger partial charge in [0.2, 0.25) is 5.91 Å². The highest BCUT2D eigenvalue weighted by Crippen LogP contribution is 2.02. The molecule has 0 aromatic carbocycles. The van der Waals surface area contributed by atoms with Crippen LogP contribution in [0, 0.1) is 0 Å². The Morgan fingerprint density at radius 1 is 1.46 bits per heavy atom. The molecule has 0 atom stereocenters. The number of thiocarbonyl (C=S) groups is 1. The first kappa shape index (κ1) is 10.6. The Hall–Kier alpha value is -0.490. The van der Waals surface area contributed by atoms with Crippen LogP contribution in [0.3, 0.4) is 0 Å². The highest BCUT2D eigenvalue weighted by atomic mass is 32.2. The topological polar surface area (TPSA) is 63.4 Å². The van der Waals surface area contributed by atoms with Gasteiger partial charge in [-0.05, 0) is 0 Å². The second-order valence-corrected chi connectivity index (χ2v) is 5.09. The smallest absolute Gasteiger partial charge is 0.229 e. The molecular formula is C7H12N2O2S2. The van der Waals surface area contributed by atoms with Crippen molar-refractivity contribution in [1.29, 1.82) is 0 Å². The summed E-state index contributed by atoms with van der Waals surface area (Å²) in [6.07, 6.45) is 0.127. The largest absolute Gasteiger partial charge is 0.393 e. The molecule has 2 N–H and O–H groups in total. The third-order valence-electron chi connectivity index (χ3n) is 1.86. The maximum Gasteiger partial charge on any atom is 0.229 e. The fourth-order valence-corrected chi connectivity index (χ4v) is 2.32. The van der Waals surface area contributed by atoms with Crippen molar-refractivity contribution in [3.05, 3.63) is 0 Å². The summed E-state index contributed by atoms with van der Waals surface area (Å²) in [5, 5.41) is 0. The van der Waals surface area contributed by atoms with Crippen LogP contribution < -0.4 is 5.73 Å². The van der Waals surface area contributed by atoms with Gasteiger partial charge in [0.1, 0.15) is 0 Å². The van der Waals surface area contributed by atoms with E-state index in [1.165, 1.54) is 0 Å². The van der Waals surface area contributed by atoms with E-state index >= 15 is 0 Å². The normalized spacial score (nSPS) is 18.6. The van der Waals surface area contributed by atoms with E-state index < -0.39 is 10.8 Å². The lowest BCUT2D eigenvalue weighted by Crippen LogP contribution is -2.42. The summed E-state index contributed by atoms with van der Waals surface area (Å²) in [6.45, 7) is 1.13. The van der Waals surface area contributed by atoms with Gasteiger partial charge in [0.05, 0.1) is 11.4 Å². The van der Waals surface area contributed by atoms with Gasteiger partial charge in [0.25, 0.3) is 0 Å². The molecule has 1 aliphatic rings. The Bertz CT molecular complexity index is 245. The number of nitrogens with zero attached hydrogens (tertiary/aromatic N) is 1. The highest BCUT2D eigenvalue weighted by Gasteiger charge is 2.19. The highest BCUT2D eigenvalue weighted by molar-refractivity contribution is 7.85. The van der Waals surface area contributed by atoms with Gasteiger partial charge in [-0.1, -0.05) is 12.2 Å². The lowest BCUT2D eigenvalue weighted by Gasteiger charge is -2.26. The molecular weight excluding hydrogens is 208 g/mol. The van der Waals surface area contributed by atoms with Crippen LogP contribution in [-0.2, 0) is 15.6 Å². The van der Waals surface area contributed by atoms with E-state index in [2.05, 4.69) is 12.2 Å². The monoisotopic (exact) mass is 220 g/mol. The summed E-state index contributed by atoms with van der Waals surface area (Å²) in [5.41, 5.74) is 5.25. The summed E-state index contributed by atoms with van der Waals surface area (Å²) in [6, 6.07) is 0.